The lowest BCUT2D eigenvalue weighted by Gasteiger charge is -2.17. The van der Waals surface area contributed by atoms with Crippen LogP contribution in [-0.2, 0) is 24.6 Å². The number of hydrogen-bond acceptors (Lipinski definition) is 5. The first-order valence-electron chi connectivity index (χ1n) is 7.05. The van der Waals surface area contributed by atoms with Gasteiger partial charge in [0.05, 0.1) is 0 Å². The summed E-state index contributed by atoms with van der Waals surface area (Å²) in [6.07, 6.45) is 2.28. The maximum atomic E-state index is 11.8. The Bertz CT molecular complexity index is 545. The van der Waals surface area contributed by atoms with Crippen LogP contribution in [0.2, 0.25) is 0 Å². The summed E-state index contributed by atoms with van der Waals surface area (Å²) in [4.78, 5) is 35.7. The van der Waals surface area contributed by atoms with Gasteiger partial charge < -0.3 is 0 Å². The Morgan fingerprint density at radius 1 is 1.10 bits per heavy atom. The molecule has 2 saturated heterocycles. The van der Waals surface area contributed by atoms with E-state index in [0.29, 0.717) is 32.2 Å². The lowest BCUT2D eigenvalue weighted by atomic mass is 10.3. The third kappa shape index (κ3) is 3.79. The average molecular weight is 317 g/mol. The molecule has 21 heavy (non-hydrogen) atoms. The van der Waals surface area contributed by atoms with E-state index in [0.717, 1.165) is 4.31 Å². The molecule has 2 heterocycles. The van der Waals surface area contributed by atoms with Crippen molar-refractivity contribution in [3.8, 4) is 0 Å². The number of amides is 3. The van der Waals surface area contributed by atoms with Crippen molar-refractivity contribution in [1.29, 1.82) is 0 Å². The van der Waals surface area contributed by atoms with Crippen molar-refractivity contribution in [3.05, 3.63) is 0 Å². The molecule has 0 spiro atoms. The van der Waals surface area contributed by atoms with Crippen LogP contribution >= 0.6 is 0 Å². The van der Waals surface area contributed by atoms with E-state index < -0.39 is 16.1 Å². The summed E-state index contributed by atoms with van der Waals surface area (Å²) in [7, 11) is -3.79. The SMILES string of the molecule is O=C(CCCNS(=O)(=O)N1CCCC1=O)N1CCCC1=O. The van der Waals surface area contributed by atoms with Gasteiger partial charge in [-0.3, -0.25) is 19.3 Å². The quantitative estimate of drug-likeness (QED) is 0.657. The molecule has 0 saturated carbocycles. The maximum Gasteiger partial charge on any atom is 0.303 e. The van der Waals surface area contributed by atoms with Crippen molar-refractivity contribution >= 4 is 27.9 Å². The van der Waals surface area contributed by atoms with Gasteiger partial charge in [-0.1, -0.05) is 0 Å². The molecule has 2 aliphatic rings. The Hall–Kier alpha value is -1.48. The average Bonchev–Trinajstić information content (AvgIpc) is 3.03. The predicted molar refractivity (Wildman–Crippen MR) is 73.1 cm³/mol. The van der Waals surface area contributed by atoms with E-state index in [9.17, 15) is 22.8 Å². The molecule has 0 radical (unpaired) electrons. The van der Waals surface area contributed by atoms with Gasteiger partial charge in [-0.2, -0.15) is 13.1 Å². The smallest absolute Gasteiger partial charge is 0.283 e. The normalized spacial score (nSPS) is 19.6. The number of hydrogen-bond donors (Lipinski definition) is 1. The number of nitrogens with one attached hydrogen (secondary N) is 1. The van der Waals surface area contributed by atoms with Crippen LogP contribution in [0.15, 0.2) is 0 Å². The van der Waals surface area contributed by atoms with Crippen LogP contribution in [0.3, 0.4) is 0 Å². The first-order valence-corrected chi connectivity index (χ1v) is 8.49. The number of carbonyl (C=O) groups is 3. The van der Waals surface area contributed by atoms with Crippen molar-refractivity contribution in [1.82, 2.24) is 13.9 Å². The van der Waals surface area contributed by atoms with E-state index in [1.807, 2.05) is 0 Å². The summed E-state index contributed by atoms with van der Waals surface area (Å²) in [5.41, 5.74) is 0. The molecule has 8 nitrogen and oxygen atoms in total. The van der Waals surface area contributed by atoms with Gasteiger partial charge in [0.25, 0.3) is 0 Å². The molecule has 0 aromatic rings. The molecule has 2 rings (SSSR count). The molecule has 0 atom stereocenters. The molecule has 0 bridgehead atoms. The van der Waals surface area contributed by atoms with Crippen LogP contribution in [0.25, 0.3) is 0 Å². The zero-order valence-corrected chi connectivity index (χ0v) is 12.5. The zero-order valence-electron chi connectivity index (χ0n) is 11.7. The first kappa shape index (κ1) is 15.9. The minimum absolute atomic E-state index is 0.0693. The van der Waals surface area contributed by atoms with Gasteiger partial charge in [0.1, 0.15) is 0 Å². The number of likely N-dealkylation sites (tertiary alicyclic amines) is 1. The van der Waals surface area contributed by atoms with Crippen LogP contribution in [0.1, 0.15) is 38.5 Å². The molecule has 0 aliphatic carbocycles. The van der Waals surface area contributed by atoms with Crippen LogP contribution < -0.4 is 4.72 Å². The monoisotopic (exact) mass is 317 g/mol. The topological polar surface area (TPSA) is 104 Å². The Balaban J connectivity index is 1.73. The van der Waals surface area contributed by atoms with E-state index >= 15 is 0 Å². The fourth-order valence-electron chi connectivity index (χ4n) is 2.44. The molecular weight excluding hydrogens is 298 g/mol. The van der Waals surface area contributed by atoms with Crippen LogP contribution in [-0.4, -0.2) is 55.0 Å². The number of nitrogens with zero attached hydrogens (tertiary/aromatic N) is 2. The van der Waals surface area contributed by atoms with Crippen molar-refractivity contribution < 1.29 is 22.8 Å². The van der Waals surface area contributed by atoms with Gasteiger partial charge in [0.15, 0.2) is 0 Å². The van der Waals surface area contributed by atoms with Gasteiger partial charge in [-0.15, -0.1) is 0 Å². The molecule has 0 aromatic heterocycles. The molecule has 9 heteroatoms. The van der Waals surface area contributed by atoms with Gasteiger partial charge >= 0.3 is 10.2 Å². The highest BCUT2D eigenvalue weighted by Gasteiger charge is 2.31. The molecule has 2 aliphatic heterocycles. The largest absolute Gasteiger partial charge is 0.303 e. The molecular formula is C12H19N3O5S. The van der Waals surface area contributed by atoms with Crippen LogP contribution in [0, 0.1) is 0 Å². The first-order chi connectivity index (χ1) is 9.92. The highest BCUT2D eigenvalue weighted by molar-refractivity contribution is 7.87. The summed E-state index contributed by atoms with van der Waals surface area (Å²) < 4.78 is 26.8. The second-order valence-electron chi connectivity index (χ2n) is 5.12. The van der Waals surface area contributed by atoms with Crippen molar-refractivity contribution in [2.75, 3.05) is 19.6 Å². The third-order valence-electron chi connectivity index (χ3n) is 3.55. The van der Waals surface area contributed by atoms with E-state index in [2.05, 4.69) is 4.72 Å². The van der Waals surface area contributed by atoms with Crippen molar-refractivity contribution in [3.63, 3.8) is 0 Å². The second-order valence-corrected chi connectivity index (χ2v) is 6.79. The fourth-order valence-corrected chi connectivity index (χ4v) is 3.73. The minimum atomic E-state index is -3.79. The fraction of sp³-hybridized carbons (Fsp3) is 0.750. The third-order valence-corrected chi connectivity index (χ3v) is 5.08. The van der Waals surface area contributed by atoms with E-state index in [-0.39, 0.29) is 37.7 Å². The highest BCUT2D eigenvalue weighted by atomic mass is 32.2. The van der Waals surface area contributed by atoms with Crippen LogP contribution in [0.4, 0.5) is 0 Å². The maximum absolute atomic E-state index is 11.8. The molecule has 1 N–H and O–H groups in total. The Labute approximate surface area is 123 Å². The summed E-state index contributed by atoms with van der Waals surface area (Å²) in [5.74, 6) is -0.835. The Morgan fingerprint density at radius 2 is 1.76 bits per heavy atom. The number of imide groups is 1. The zero-order chi connectivity index (χ0) is 15.5. The van der Waals surface area contributed by atoms with Gasteiger partial charge in [0, 0.05) is 38.9 Å². The molecule has 0 aromatic carbocycles. The lowest BCUT2D eigenvalue weighted by Crippen LogP contribution is -2.42. The van der Waals surface area contributed by atoms with Crippen LogP contribution in [0.5, 0.6) is 0 Å². The van der Waals surface area contributed by atoms with Gasteiger partial charge in [-0.05, 0) is 19.3 Å². The van der Waals surface area contributed by atoms with E-state index in [4.69, 9.17) is 0 Å². The number of rotatable bonds is 6. The summed E-state index contributed by atoms with van der Waals surface area (Å²) >= 11 is 0. The predicted octanol–water partition coefficient (Wildman–Crippen LogP) is -0.628. The highest BCUT2D eigenvalue weighted by Crippen LogP contribution is 2.14. The van der Waals surface area contributed by atoms with Crippen molar-refractivity contribution in [2.45, 2.75) is 38.5 Å². The second kappa shape index (κ2) is 6.52. The standard InChI is InChI=1S/C12H19N3O5S/c16-10(14-8-2-5-11(14)17)4-1-7-13-21(19,20)15-9-3-6-12(15)18/h13H,1-9H2. The minimum Gasteiger partial charge on any atom is -0.283 e. The van der Waals surface area contributed by atoms with E-state index in [1.165, 1.54) is 4.90 Å². The summed E-state index contributed by atoms with van der Waals surface area (Å²) in [6.45, 7) is 0.723. The van der Waals surface area contributed by atoms with Crippen molar-refractivity contribution in [2.24, 2.45) is 0 Å². The van der Waals surface area contributed by atoms with E-state index in [1.54, 1.807) is 0 Å². The number of carbonyl (C=O) groups excluding carboxylic acids is 3. The lowest BCUT2D eigenvalue weighted by molar-refractivity contribution is -0.141. The molecule has 3 amide bonds. The Morgan fingerprint density at radius 3 is 2.33 bits per heavy atom. The molecule has 118 valence electrons. The summed E-state index contributed by atoms with van der Waals surface area (Å²) in [6, 6.07) is 0. The van der Waals surface area contributed by atoms with Gasteiger partial charge in [-0.25, -0.2) is 4.31 Å². The molecule has 0 unspecified atom stereocenters. The summed E-state index contributed by atoms with van der Waals surface area (Å²) in [5, 5.41) is 0. The van der Waals surface area contributed by atoms with Gasteiger partial charge in [0.2, 0.25) is 17.7 Å². The Kier molecular flexibility index (Phi) is 4.94. The molecule has 2 fully saturated rings.